The fourth-order valence-electron chi connectivity index (χ4n) is 3.42. The van der Waals surface area contributed by atoms with Gasteiger partial charge < -0.3 is 15.0 Å². The van der Waals surface area contributed by atoms with Gasteiger partial charge in [-0.25, -0.2) is 0 Å². The van der Waals surface area contributed by atoms with Gasteiger partial charge in [0.2, 0.25) is 17.7 Å². The van der Waals surface area contributed by atoms with Crippen LogP contribution in [0.15, 0.2) is 12.2 Å². The van der Waals surface area contributed by atoms with Crippen molar-refractivity contribution >= 4 is 29.6 Å². The van der Waals surface area contributed by atoms with E-state index in [1.165, 1.54) is 11.9 Å². The Labute approximate surface area is 163 Å². The molecule has 1 aliphatic heterocycles. The smallest absolute Gasteiger partial charge is 0.308 e. The Morgan fingerprint density at radius 2 is 1.75 bits per heavy atom. The average molecular weight is 391 g/mol. The van der Waals surface area contributed by atoms with Crippen LogP contribution in [0.25, 0.3) is 0 Å². The number of likely N-dealkylation sites (N-methyl/N-ethyl adjacent to an activating group) is 1. The minimum Gasteiger partial charge on any atom is -0.456 e. The zero-order valence-corrected chi connectivity index (χ0v) is 15.9. The molecule has 9 nitrogen and oxygen atoms in total. The summed E-state index contributed by atoms with van der Waals surface area (Å²) in [6.45, 7) is -0.624. The van der Waals surface area contributed by atoms with E-state index >= 15 is 0 Å². The fraction of sp³-hybridized carbons (Fsp3) is 0.632. The van der Waals surface area contributed by atoms with E-state index in [9.17, 15) is 24.0 Å². The molecular formula is C19H25N3O6. The fourth-order valence-corrected chi connectivity index (χ4v) is 3.42. The molecule has 0 aromatic carbocycles. The lowest BCUT2D eigenvalue weighted by Crippen LogP contribution is -2.41. The monoisotopic (exact) mass is 391 g/mol. The van der Waals surface area contributed by atoms with Gasteiger partial charge in [0.15, 0.2) is 6.61 Å². The van der Waals surface area contributed by atoms with E-state index in [4.69, 9.17) is 4.74 Å². The Bertz CT molecular complexity index is 688. The van der Waals surface area contributed by atoms with E-state index in [0.717, 1.165) is 17.7 Å². The molecule has 0 bridgehead atoms. The number of carbonyl (C=O) groups is 5. The van der Waals surface area contributed by atoms with Crippen molar-refractivity contribution < 1.29 is 28.7 Å². The summed E-state index contributed by atoms with van der Waals surface area (Å²) in [7, 11) is 1.46. The van der Waals surface area contributed by atoms with Gasteiger partial charge in [0, 0.05) is 19.6 Å². The van der Waals surface area contributed by atoms with Crippen LogP contribution in [0.5, 0.6) is 0 Å². The summed E-state index contributed by atoms with van der Waals surface area (Å²) >= 11 is 0. The normalized spacial score (nSPS) is 23.4. The number of likely N-dealkylation sites (tertiary alicyclic amines) is 1. The molecule has 4 amide bonds. The molecule has 0 spiro atoms. The number of hydrogen-bond donors (Lipinski definition) is 1. The number of nitrogens with one attached hydrogen (secondary N) is 1. The quantitative estimate of drug-likeness (QED) is 0.342. The maximum Gasteiger partial charge on any atom is 0.308 e. The van der Waals surface area contributed by atoms with E-state index < -0.39 is 18.5 Å². The second kappa shape index (κ2) is 8.53. The molecule has 3 rings (SSSR count). The molecule has 2 fully saturated rings. The van der Waals surface area contributed by atoms with Crippen molar-refractivity contribution in [3.05, 3.63) is 12.2 Å². The molecule has 1 N–H and O–H groups in total. The van der Waals surface area contributed by atoms with Crippen LogP contribution in [0.2, 0.25) is 0 Å². The number of allylic oxidation sites excluding steroid dienone is 2. The van der Waals surface area contributed by atoms with Crippen molar-refractivity contribution in [1.29, 1.82) is 0 Å². The maximum atomic E-state index is 12.3. The van der Waals surface area contributed by atoms with Gasteiger partial charge >= 0.3 is 5.97 Å². The van der Waals surface area contributed by atoms with Gasteiger partial charge in [0.25, 0.3) is 5.91 Å². The van der Waals surface area contributed by atoms with Crippen LogP contribution in [-0.2, 0) is 28.7 Å². The maximum absolute atomic E-state index is 12.3. The minimum atomic E-state index is -0.669. The topological polar surface area (TPSA) is 113 Å². The third kappa shape index (κ3) is 4.76. The van der Waals surface area contributed by atoms with Crippen molar-refractivity contribution in [3.8, 4) is 0 Å². The summed E-state index contributed by atoms with van der Waals surface area (Å²) in [6, 6.07) is 0.212. The van der Waals surface area contributed by atoms with Crippen LogP contribution in [0.3, 0.4) is 0 Å². The standard InChI is InChI=1S/C19H25N3O6/c1-21(10-15(23)20-12-6-7-12)16(24)11-28-17(25)8-9-22-18(26)13-4-2-3-5-14(13)19(22)27/h2-3,12-14H,4-11H2,1H3,(H,20,23)/t13-,14-/m1/s1. The molecule has 1 heterocycles. The number of rotatable bonds is 8. The van der Waals surface area contributed by atoms with Crippen molar-refractivity contribution in [3.63, 3.8) is 0 Å². The van der Waals surface area contributed by atoms with Gasteiger partial charge in [-0.3, -0.25) is 28.9 Å². The van der Waals surface area contributed by atoms with Crippen LogP contribution in [0, 0.1) is 11.8 Å². The lowest BCUT2D eigenvalue weighted by Gasteiger charge is -2.17. The third-order valence-electron chi connectivity index (χ3n) is 5.24. The van der Waals surface area contributed by atoms with E-state index in [2.05, 4.69) is 5.32 Å². The summed E-state index contributed by atoms with van der Waals surface area (Å²) in [6.07, 6.45) is 6.65. The second-order valence-electron chi connectivity index (χ2n) is 7.49. The number of esters is 1. The molecule has 152 valence electrons. The van der Waals surface area contributed by atoms with Crippen LogP contribution >= 0.6 is 0 Å². The molecule has 2 atom stereocenters. The first kappa shape index (κ1) is 20.0. The van der Waals surface area contributed by atoms with Gasteiger partial charge in [-0.1, -0.05) is 12.2 Å². The van der Waals surface area contributed by atoms with E-state index in [-0.39, 0.29) is 55.1 Å². The first-order valence-electron chi connectivity index (χ1n) is 9.56. The van der Waals surface area contributed by atoms with Gasteiger partial charge in [-0.15, -0.1) is 0 Å². The Balaban J connectivity index is 1.37. The highest BCUT2D eigenvalue weighted by Crippen LogP contribution is 2.34. The second-order valence-corrected chi connectivity index (χ2v) is 7.49. The molecule has 28 heavy (non-hydrogen) atoms. The highest BCUT2D eigenvalue weighted by atomic mass is 16.5. The highest BCUT2D eigenvalue weighted by Gasteiger charge is 2.46. The summed E-state index contributed by atoms with van der Waals surface area (Å²) in [5.74, 6) is -2.56. The Morgan fingerprint density at radius 1 is 1.14 bits per heavy atom. The predicted octanol–water partition coefficient (Wildman–Crippen LogP) is -0.392. The molecule has 0 unspecified atom stereocenters. The number of fused-ring (bicyclic) bond motifs is 1. The molecule has 1 saturated carbocycles. The molecule has 0 radical (unpaired) electrons. The summed E-state index contributed by atoms with van der Waals surface area (Å²) < 4.78 is 4.93. The number of nitrogens with zero attached hydrogens (tertiary/aromatic N) is 2. The largest absolute Gasteiger partial charge is 0.456 e. The SMILES string of the molecule is CN(CC(=O)NC1CC1)C(=O)COC(=O)CCN1C(=O)[C@@H]2CC=CC[C@H]2C1=O. The number of carbonyl (C=O) groups excluding carboxylic acids is 5. The van der Waals surface area contributed by atoms with Gasteiger partial charge in [0.1, 0.15) is 0 Å². The van der Waals surface area contributed by atoms with Crippen molar-refractivity contribution in [1.82, 2.24) is 15.1 Å². The van der Waals surface area contributed by atoms with Crippen molar-refractivity contribution in [2.75, 3.05) is 26.7 Å². The Hall–Kier alpha value is -2.71. The average Bonchev–Trinajstić information content (AvgIpc) is 3.45. The van der Waals surface area contributed by atoms with Crippen LogP contribution in [-0.4, -0.2) is 72.2 Å². The first-order chi connectivity index (χ1) is 13.4. The predicted molar refractivity (Wildman–Crippen MR) is 96.5 cm³/mol. The lowest BCUT2D eigenvalue weighted by molar-refractivity contribution is -0.152. The summed E-state index contributed by atoms with van der Waals surface area (Å²) in [5.41, 5.74) is 0. The Morgan fingerprint density at radius 3 is 2.32 bits per heavy atom. The number of imide groups is 1. The van der Waals surface area contributed by atoms with Gasteiger partial charge in [-0.2, -0.15) is 0 Å². The van der Waals surface area contributed by atoms with Gasteiger partial charge in [-0.05, 0) is 25.7 Å². The molecule has 0 aromatic rings. The summed E-state index contributed by atoms with van der Waals surface area (Å²) in [5, 5.41) is 2.77. The Kier molecular flexibility index (Phi) is 6.11. The molecular weight excluding hydrogens is 366 g/mol. The van der Waals surface area contributed by atoms with Crippen molar-refractivity contribution in [2.24, 2.45) is 11.8 Å². The van der Waals surface area contributed by atoms with Crippen LogP contribution in [0.4, 0.5) is 0 Å². The lowest BCUT2D eigenvalue weighted by atomic mass is 9.85. The summed E-state index contributed by atoms with van der Waals surface area (Å²) in [4.78, 5) is 62.5. The number of hydrogen-bond acceptors (Lipinski definition) is 6. The van der Waals surface area contributed by atoms with Crippen LogP contribution < -0.4 is 5.32 Å². The van der Waals surface area contributed by atoms with E-state index in [1.54, 1.807) is 0 Å². The highest BCUT2D eigenvalue weighted by molar-refractivity contribution is 6.05. The zero-order chi connectivity index (χ0) is 20.3. The number of amides is 4. The molecule has 2 aliphatic carbocycles. The van der Waals surface area contributed by atoms with Gasteiger partial charge in [0.05, 0.1) is 24.8 Å². The number of ether oxygens (including phenoxy) is 1. The van der Waals surface area contributed by atoms with E-state index in [1.807, 2.05) is 12.2 Å². The van der Waals surface area contributed by atoms with Crippen LogP contribution in [0.1, 0.15) is 32.1 Å². The third-order valence-corrected chi connectivity index (χ3v) is 5.24. The minimum absolute atomic E-state index is 0.0443. The molecule has 9 heteroatoms. The molecule has 0 aromatic heterocycles. The molecule has 3 aliphatic rings. The van der Waals surface area contributed by atoms with Crippen molar-refractivity contribution in [2.45, 2.75) is 38.1 Å². The zero-order valence-electron chi connectivity index (χ0n) is 15.9. The molecule has 1 saturated heterocycles. The first-order valence-corrected chi connectivity index (χ1v) is 9.56. The van der Waals surface area contributed by atoms with E-state index in [0.29, 0.717) is 12.8 Å².